The van der Waals surface area contributed by atoms with E-state index in [9.17, 15) is 13.2 Å². The smallest absolute Gasteiger partial charge is 0.251 e. The minimum absolute atomic E-state index is 0.129. The van der Waals surface area contributed by atoms with Crippen LogP contribution in [0.15, 0.2) is 29.2 Å². The van der Waals surface area contributed by atoms with Gasteiger partial charge in [0.2, 0.25) is 0 Å². The van der Waals surface area contributed by atoms with Crippen LogP contribution in [0.3, 0.4) is 0 Å². The molecule has 0 saturated heterocycles. The van der Waals surface area contributed by atoms with E-state index in [0.29, 0.717) is 12.1 Å². The van der Waals surface area contributed by atoms with Crippen molar-refractivity contribution in [2.75, 3.05) is 12.8 Å². The van der Waals surface area contributed by atoms with Crippen molar-refractivity contribution < 1.29 is 13.2 Å². The lowest BCUT2D eigenvalue weighted by atomic mass is 10.2. The number of nitrogens with one attached hydrogen (secondary N) is 1. The minimum Gasteiger partial charge on any atom is -0.351 e. The zero-order valence-corrected chi connectivity index (χ0v) is 11.2. The number of carbonyl (C=O) groups excluding carboxylic acids is 1. The van der Waals surface area contributed by atoms with Crippen molar-refractivity contribution in [1.82, 2.24) is 5.32 Å². The first-order valence-corrected chi connectivity index (χ1v) is 7.36. The van der Waals surface area contributed by atoms with Gasteiger partial charge in [0, 0.05) is 23.7 Å². The summed E-state index contributed by atoms with van der Waals surface area (Å²) >= 11 is 5.70. The van der Waals surface area contributed by atoms with E-state index in [1.54, 1.807) is 13.0 Å². The molecule has 0 aliphatic rings. The molecule has 1 atom stereocenters. The monoisotopic (exact) mass is 275 g/mol. The van der Waals surface area contributed by atoms with Gasteiger partial charge in [0.15, 0.2) is 9.84 Å². The van der Waals surface area contributed by atoms with Crippen molar-refractivity contribution in [1.29, 1.82) is 0 Å². The van der Waals surface area contributed by atoms with Crippen molar-refractivity contribution in [3.63, 3.8) is 0 Å². The van der Waals surface area contributed by atoms with Crippen molar-refractivity contribution in [2.24, 2.45) is 0 Å². The number of hydrogen-bond acceptors (Lipinski definition) is 3. The standard InChI is InChI=1S/C11H14ClNO3S/c1-8(12)7-13-11(14)9-4-3-5-10(6-9)17(2,15)16/h3-6,8H,7H2,1-2H3,(H,13,14). The van der Waals surface area contributed by atoms with Gasteiger partial charge in [-0.05, 0) is 25.1 Å². The number of alkyl halides is 1. The number of amides is 1. The molecule has 0 bridgehead atoms. The summed E-state index contributed by atoms with van der Waals surface area (Å²) in [5.41, 5.74) is 0.310. The Morgan fingerprint density at radius 1 is 1.47 bits per heavy atom. The van der Waals surface area contributed by atoms with Gasteiger partial charge in [0.1, 0.15) is 0 Å². The Morgan fingerprint density at radius 2 is 2.12 bits per heavy atom. The third-order valence-electron chi connectivity index (χ3n) is 2.07. The van der Waals surface area contributed by atoms with E-state index >= 15 is 0 Å². The highest BCUT2D eigenvalue weighted by atomic mass is 35.5. The van der Waals surface area contributed by atoms with Crippen LogP contribution in [-0.2, 0) is 9.84 Å². The fraction of sp³-hybridized carbons (Fsp3) is 0.364. The molecule has 1 aromatic rings. The van der Waals surface area contributed by atoms with Crippen LogP contribution in [0.1, 0.15) is 17.3 Å². The number of rotatable bonds is 4. The van der Waals surface area contributed by atoms with Crippen molar-refractivity contribution in [3.05, 3.63) is 29.8 Å². The van der Waals surface area contributed by atoms with E-state index in [1.165, 1.54) is 18.2 Å². The summed E-state index contributed by atoms with van der Waals surface area (Å²) in [6.07, 6.45) is 1.10. The summed E-state index contributed by atoms with van der Waals surface area (Å²) in [5.74, 6) is -0.331. The van der Waals surface area contributed by atoms with E-state index in [2.05, 4.69) is 5.32 Å². The van der Waals surface area contributed by atoms with Crippen LogP contribution in [0.25, 0.3) is 0 Å². The molecule has 1 N–H and O–H groups in total. The van der Waals surface area contributed by atoms with Crippen molar-refractivity contribution >= 4 is 27.3 Å². The van der Waals surface area contributed by atoms with Crippen LogP contribution in [0.2, 0.25) is 0 Å². The first-order chi connectivity index (χ1) is 7.80. The largest absolute Gasteiger partial charge is 0.351 e. The molecule has 0 fully saturated rings. The van der Waals surface area contributed by atoms with Gasteiger partial charge in [-0.15, -0.1) is 11.6 Å². The molecule has 0 radical (unpaired) electrons. The number of carbonyl (C=O) groups is 1. The zero-order valence-electron chi connectivity index (χ0n) is 9.60. The van der Waals surface area contributed by atoms with Gasteiger partial charge in [-0.3, -0.25) is 4.79 Å². The lowest BCUT2D eigenvalue weighted by molar-refractivity contribution is 0.0953. The molecule has 0 aliphatic carbocycles. The van der Waals surface area contributed by atoms with Crippen LogP contribution < -0.4 is 5.32 Å². The van der Waals surface area contributed by atoms with E-state index in [1.807, 2.05) is 0 Å². The summed E-state index contributed by atoms with van der Waals surface area (Å²) in [6.45, 7) is 2.10. The molecule has 17 heavy (non-hydrogen) atoms. The van der Waals surface area contributed by atoms with E-state index in [-0.39, 0.29) is 16.2 Å². The molecule has 1 unspecified atom stereocenters. The normalized spacial score (nSPS) is 13.1. The lowest BCUT2D eigenvalue weighted by Gasteiger charge is -2.07. The Balaban J connectivity index is 2.89. The maximum absolute atomic E-state index is 11.7. The molecule has 6 heteroatoms. The van der Waals surface area contributed by atoms with Gasteiger partial charge in [-0.1, -0.05) is 6.07 Å². The Morgan fingerprint density at radius 3 is 2.65 bits per heavy atom. The Bertz CT molecular complexity index is 511. The Kier molecular flexibility index (Phi) is 4.54. The topological polar surface area (TPSA) is 63.2 Å². The second kappa shape index (κ2) is 5.51. The van der Waals surface area contributed by atoms with E-state index in [4.69, 9.17) is 11.6 Å². The Hall–Kier alpha value is -1.07. The first-order valence-electron chi connectivity index (χ1n) is 5.03. The molecule has 1 rings (SSSR count). The molecule has 94 valence electrons. The average molecular weight is 276 g/mol. The molecule has 0 aromatic heterocycles. The molecule has 4 nitrogen and oxygen atoms in total. The SMILES string of the molecule is CC(Cl)CNC(=O)c1cccc(S(C)(=O)=O)c1. The highest BCUT2D eigenvalue weighted by Crippen LogP contribution is 2.11. The number of hydrogen-bond donors (Lipinski definition) is 1. The van der Waals surface area contributed by atoms with Crippen LogP contribution in [0.5, 0.6) is 0 Å². The summed E-state index contributed by atoms with van der Waals surface area (Å²) in [5, 5.41) is 2.44. The van der Waals surface area contributed by atoms with Crippen LogP contribution in [0.4, 0.5) is 0 Å². The van der Waals surface area contributed by atoms with Crippen LogP contribution >= 0.6 is 11.6 Å². The average Bonchev–Trinajstić information content (AvgIpc) is 2.25. The molecule has 1 aromatic carbocycles. The van der Waals surface area contributed by atoms with Gasteiger partial charge in [-0.2, -0.15) is 0 Å². The van der Waals surface area contributed by atoms with E-state index < -0.39 is 9.84 Å². The summed E-state index contributed by atoms with van der Waals surface area (Å²) in [4.78, 5) is 11.8. The number of benzene rings is 1. The second-order valence-electron chi connectivity index (χ2n) is 3.79. The summed E-state index contributed by atoms with van der Waals surface area (Å²) in [7, 11) is -3.30. The molecule has 0 saturated carbocycles. The van der Waals surface area contributed by atoms with Gasteiger partial charge < -0.3 is 5.32 Å². The number of sulfone groups is 1. The second-order valence-corrected chi connectivity index (χ2v) is 6.55. The molecule has 1 amide bonds. The lowest BCUT2D eigenvalue weighted by Crippen LogP contribution is -2.28. The van der Waals surface area contributed by atoms with Gasteiger partial charge in [0.25, 0.3) is 5.91 Å². The van der Waals surface area contributed by atoms with Crippen molar-refractivity contribution in [2.45, 2.75) is 17.2 Å². The molecular formula is C11H14ClNO3S. The molecule has 0 aliphatic heterocycles. The fourth-order valence-corrected chi connectivity index (χ4v) is 1.95. The van der Waals surface area contributed by atoms with Gasteiger partial charge >= 0.3 is 0 Å². The molecular weight excluding hydrogens is 262 g/mol. The third kappa shape index (κ3) is 4.36. The van der Waals surface area contributed by atoms with Gasteiger partial charge in [-0.25, -0.2) is 8.42 Å². The quantitative estimate of drug-likeness (QED) is 0.846. The van der Waals surface area contributed by atoms with E-state index in [0.717, 1.165) is 6.26 Å². The predicted molar refractivity (Wildman–Crippen MR) is 67.2 cm³/mol. The zero-order chi connectivity index (χ0) is 13.1. The Labute approximate surface area is 106 Å². The maximum atomic E-state index is 11.7. The van der Waals surface area contributed by atoms with Gasteiger partial charge in [0.05, 0.1) is 4.90 Å². The predicted octanol–water partition coefficient (Wildman–Crippen LogP) is 1.45. The van der Waals surface area contributed by atoms with Crippen LogP contribution in [-0.4, -0.2) is 32.5 Å². The van der Waals surface area contributed by atoms with Crippen molar-refractivity contribution in [3.8, 4) is 0 Å². The molecule has 0 spiro atoms. The number of halogens is 1. The molecule has 0 heterocycles. The summed E-state index contributed by atoms with van der Waals surface area (Å²) in [6, 6.07) is 5.90. The van der Waals surface area contributed by atoms with Crippen LogP contribution in [0, 0.1) is 0 Å². The highest BCUT2D eigenvalue weighted by Gasteiger charge is 2.11. The maximum Gasteiger partial charge on any atom is 0.251 e. The summed E-state index contributed by atoms with van der Waals surface area (Å²) < 4.78 is 22.6. The minimum atomic E-state index is -3.30. The first kappa shape index (κ1) is 14.0. The highest BCUT2D eigenvalue weighted by molar-refractivity contribution is 7.90. The fourth-order valence-electron chi connectivity index (χ4n) is 1.20. The third-order valence-corrected chi connectivity index (χ3v) is 3.33.